The molecule has 12 nitrogen and oxygen atoms in total. The Morgan fingerprint density at radius 2 is 0.917 bits per heavy atom. The molecule has 2 aliphatic heterocycles. The second kappa shape index (κ2) is 26.2. The van der Waals surface area contributed by atoms with Gasteiger partial charge in [0.15, 0.2) is 11.6 Å². The lowest BCUT2D eigenvalue weighted by Crippen LogP contribution is -2.50. The van der Waals surface area contributed by atoms with Crippen LogP contribution in [0.2, 0.25) is 0 Å². The molecule has 1 aromatic carbocycles. The molecule has 0 aromatic heterocycles. The van der Waals surface area contributed by atoms with Crippen molar-refractivity contribution in [2.45, 2.75) is 180 Å². The van der Waals surface area contributed by atoms with Crippen molar-refractivity contribution < 1.29 is 57.9 Å². The molecule has 3 rings (SSSR count). The molecule has 334 valence electrons. The number of carbonyl (C=O) groups is 6. The lowest BCUT2D eigenvalue weighted by atomic mass is 9.84. The van der Waals surface area contributed by atoms with E-state index in [2.05, 4.69) is 27.0 Å². The Labute approximate surface area is 356 Å². The van der Waals surface area contributed by atoms with E-state index in [0.29, 0.717) is 51.4 Å². The smallest absolute Gasteiger partial charge is 0.341 e. The summed E-state index contributed by atoms with van der Waals surface area (Å²) in [6.07, 6.45) is 20.4. The zero-order valence-electron chi connectivity index (χ0n) is 36.2. The summed E-state index contributed by atoms with van der Waals surface area (Å²) < 4.78 is 25.3. The highest BCUT2D eigenvalue weighted by molar-refractivity contribution is 6.10. The number of hydrogen-bond acceptors (Lipinski definition) is 10. The van der Waals surface area contributed by atoms with E-state index in [9.17, 15) is 39.0 Å². The summed E-state index contributed by atoms with van der Waals surface area (Å²) in [5, 5.41) is 20.3. The van der Waals surface area contributed by atoms with Gasteiger partial charge in [-0.25, -0.2) is 19.2 Å². The number of hydrogen-bond donors (Lipinski definition) is 2. The Kier molecular flexibility index (Phi) is 21.9. The number of rotatable bonds is 26. The first-order valence-electron chi connectivity index (χ1n) is 22.6. The van der Waals surface area contributed by atoms with Crippen LogP contribution in [0.5, 0.6) is 0 Å². The molecule has 0 spiro atoms. The number of carboxylic acid groups (broad SMARTS) is 2. The molecule has 0 amide bonds. The van der Waals surface area contributed by atoms with E-state index in [4.69, 9.17) is 18.9 Å². The van der Waals surface area contributed by atoms with Gasteiger partial charge in [0.05, 0.1) is 47.3 Å². The van der Waals surface area contributed by atoms with Crippen LogP contribution in [-0.2, 0) is 28.5 Å². The van der Waals surface area contributed by atoms with E-state index >= 15 is 0 Å². The Balaban J connectivity index is 2.16. The van der Waals surface area contributed by atoms with Crippen molar-refractivity contribution in [1.29, 1.82) is 0 Å². The van der Waals surface area contributed by atoms with E-state index in [1.54, 1.807) is 0 Å². The number of esters is 2. The highest BCUT2D eigenvalue weighted by atomic mass is 16.7. The van der Waals surface area contributed by atoms with Gasteiger partial charge in [0.25, 0.3) is 0 Å². The maximum atomic E-state index is 14.7. The van der Waals surface area contributed by atoms with Crippen LogP contribution in [0, 0.1) is 11.8 Å². The van der Waals surface area contributed by atoms with E-state index in [0.717, 1.165) is 102 Å². The quantitative estimate of drug-likeness (QED) is 0.0513. The molecule has 0 saturated carbocycles. The molecule has 2 aliphatic rings. The van der Waals surface area contributed by atoms with E-state index < -0.39 is 69.5 Å². The van der Waals surface area contributed by atoms with Crippen molar-refractivity contribution in [2.24, 2.45) is 11.8 Å². The largest absolute Gasteiger partial charge is 0.478 e. The Hall–Kier alpha value is -4.16. The van der Waals surface area contributed by atoms with Crippen molar-refractivity contribution in [2.75, 3.05) is 13.2 Å². The molecule has 0 aliphatic carbocycles. The highest BCUT2D eigenvalue weighted by Crippen LogP contribution is 2.40. The number of ketones is 2. The number of ether oxygens (including phenoxy) is 4. The molecule has 0 bridgehead atoms. The van der Waals surface area contributed by atoms with Gasteiger partial charge in [-0.1, -0.05) is 130 Å². The maximum absolute atomic E-state index is 14.7. The first-order chi connectivity index (χ1) is 28.9. The van der Waals surface area contributed by atoms with E-state index in [-0.39, 0.29) is 37.6 Å². The number of carboxylic acids is 2. The van der Waals surface area contributed by atoms with Gasteiger partial charge in [0, 0.05) is 12.8 Å². The average molecular weight is 839 g/mol. The zero-order chi connectivity index (χ0) is 44.0. The maximum Gasteiger partial charge on any atom is 0.341 e. The Morgan fingerprint density at radius 1 is 0.567 bits per heavy atom. The molecular formula is C48H70O12. The summed E-state index contributed by atoms with van der Waals surface area (Å²) in [5.41, 5.74) is -2.69. The van der Waals surface area contributed by atoms with Gasteiger partial charge in [0.2, 0.25) is 11.6 Å². The zero-order valence-corrected chi connectivity index (χ0v) is 36.2. The molecule has 2 heterocycles. The summed E-state index contributed by atoms with van der Waals surface area (Å²) in [7, 11) is 0. The highest BCUT2D eigenvalue weighted by Gasteiger charge is 2.49. The van der Waals surface area contributed by atoms with E-state index in [1.165, 1.54) is 12.2 Å². The van der Waals surface area contributed by atoms with Gasteiger partial charge >= 0.3 is 23.9 Å². The van der Waals surface area contributed by atoms with Gasteiger partial charge in [-0.2, -0.15) is 0 Å². The van der Waals surface area contributed by atoms with Crippen LogP contribution in [0.4, 0.5) is 0 Å². The van der Waals surface area contributed by atoms with Crippen LogP contribution in [0.3, 0.4) is 0 Å². The second-order valence-corrected chi connectivity index (χ2v) is 16.4. The molecule has 12 heteroatoms. The molecule has 60 heavy (non-hydrogen) atoms. The fourth-order valence-electron chi connectivity index (χ4n) is 8.56. The minimum absolute atomic E-state index is 0.151. The minimum Gasteiger partial charge on any atom is -0.478 e. The predicted octanol–water partition coefficient (Wildman–Crippen LogP) is 11.0. The number of allylic oxidation sites excluding steroid dienone is 2. The normalized spacial score (nSPS) is 20.8. The summed E-state index contributed by atoms with van der Waals surface area (Å²) in [6, 6.07) is 1.60. The van der Waals surface area contributed by atoms with Crippen LogP contribution in [-0.4, -0.2) is 70.4 Å². The first kappa shape index (κ1) is 50.2. The third kappa shape index (κ3) is 14.5. The van der Waals surface area contributed by atoms with Crippen LogP contribution < -0.4 is 0 Å². The Morgan fingerprint density at radius 3 is 1.27 bits per heavy atom. The third-order valence-electron chi connectivity index (χ3n) is 12.0. The third-order valence-corrected chi connectivity index (χ3v) is 12.0. The van der Waals surface area contributed by atoms with Gasteiger partial charge in [-0.3, -0.25) is 9.59 Å². The minimum atomic E-state index is -1.79. The van der Waals surface area contributed by atoms with Crippen LogP contribution in [0.25, 0.3) is 0 Å². The molecule has 4 unspecified atom stereocenters. The lowest BCUT2D eigenvalue weighted by molar-refractivity contribution is -0.242. The number of unbranched alkanes of at least 4 members (excludes halogenated alkanes) is 10. The summed E-state index contributed by atoms with van der Waals surface area (Å²) in [5.74, 6) is -11.9. The number of aromatic carboxylic acids is 2. The SMILES string of the molecule is C=CC(=O)C(CCCCCCCC)C1(OC(=O)c2cc(C(=O)O)c(C(=O)O)cc2C(=O)OC2(C(CCCCCCCC)C(=O)C=C)CCCCCCO2)CCCCCCO1. The molecule has 2 fully saturated rings. The molecule has 2 saturated heterocycles. The van der Waals surface area contributed by atoms with Gasteiger partial charge in [0.1, 0.15) is 0 Å². The number of carbonyl (C=O) groups excluding carboxylic acids is 4. The van der Waals surface area contributed by atoms with Crippen molar-refractivity contribution >= 4 is 35.4 Å². The van der Waals surface area contributed by atoms with Gasteiger partial charge < -0.3 is 29.2 Å². The average Bonchev–Trinajstić information content (AvgIpc) is 3.21. The molecular weight excluding hydrogens is 769 g/mol. The second-order valence-electron chi connectivity index (χ2n) is 16.4. The topological polar surface area (TPSA) is 180 Å². The molecule has 0 radical (unpaired) electrons. The summed E-state index contributed by atoms with van der Waals surface area (Å²) in [4.78, 5) is 81.7. The van der Waals surface area contributed by atoms with Crippen LogP contribution in [0.15, 0.2) is 37.4 Å². The standard InChI is InChI=1S/C48H70O12/c1-5-9-11-13-15-21-27-39(41(49)7-3)47(29-23-17-19-25-31-57-47)59-45(55)37-33-35(43(51)52)36(44(53)54)34-38(37)46(56)60-48(30-24-18-20-26-32-58-48)40(42(50)8-4)28-22-16-14-12-10-6-2/h7-8,33-34,39-40H,3-6,9-32H2,1-2H3,(H,51,52)(H,53,54). The summed E-state index contributed by atoms with van der Waals surface area (Å²) in [6.45, 7) is 12.1. The number of benzene rings is 1. The fraction of sp³-hybridized carbons (Fsp3) is 0.667. The van der Waals surface area contributed by atoms with Gasteiger partial charge in [-0.15, -0.1) is 0 Å². The van der Waals surface area contributed by atoms with Crippen LogP contribution >= 0.6 is 0 Å². The van der Waals surface area contributed by atoms with Crippen molar-refractivity contribution in [3.05, 3.63) is 59.7 Å². The van der Waals surface area contributed by atoms with Crippen LogP contribution in [0.1, 0.15) is 209 Å². The van der Waals surface area contributed by atoms with E-state index in [1.807, 2.05) is 0 Å². The predicted molar refractivity (Wildman–Crippen MR) is 228 cm³/mol. The molecule has 4 atom stereocenters. The first-order valence-corrected chi connectivity index (χ1v) is 22.6. The summed E-state index contributed by atoms with van der Waals surface area (Å²) >= 11 is 0. The molecule has 1 aromatic rings. The van der Waals surface area contributed by atoms with Crippen molar-refractivity contribution in [1.82, 2.24) is 0 Å². The van der Waals surface area contributed by atoms with Gasteiger partial charge in [-0.05, 0) is 62.8 Å². The lowest BCUT2D eigenvalue weighted by Gasteiger charge is -2.40. The monoisotopic (exact) mass is 838 g/mol. The molecule has 2 N–H and O–H groups in total. The fourth-order valence-corrected chi connectivity index (χ4v) is 8.56. The Bertz CT molecular complexity index is 1480. The van der Waals surface area contributed by atoms with Crippen molar-refractivity contribution in [3.63, 3.8) is 0 Å². The van der Waals surface area contributed by atoms with Crippen molar-refractivity contribution in [3.8, 4) is 0 Å².